The zero-order valence-corrected chi connectivity index (χ0v) is 8.40. The van der Waals surface area contributed by atoms with Gasteiger partial charge in [0, 0.05) is 12.0 Å². The number of rotatable bonds is 2. The zero-order chi connectivity index (χ0) is 10.7. The van der Waals surface area contributed by atoms with Gasteiger partial charge in [-0.25, -0.2) is 0 Å². The number of hydrogen-bond acceptors (Lipinski definition) is 2. The average molecular weight is 203 g/mol. The van der Waals surface area contributed by atoms with Crippen LogP contribution in [0.2, 0.25) is 0 Å². The minimum absolute atomic E-state index is 0.152. The molecule has 0 heterocycles. The maximum absolute atomic E-state index is 11.7. The zero-order valence-electron chi connectivity index (χ0n) is 8.40. The van der Waals surface area contributed by atoms with Crippen molar-refractivity contribution in [2.24, 2.45) is 0 Å². The van der Waals surface area contributed by atoms with E-state index in [0.29, 0.717) is 12.0 Å². The van der Waals surface area contributed by atoms with Crippen molar-refractivity contribution < 1.29 is 9.59 Å². The van der Waals surface area contributed by atoms with E-state index in [1.54, 1.807) is 12.1 Å². The second-order valence-electron chi connectivity index (χ2n) is 3.75. The van der Waals surface area contributed by atoms with E-state index in [0.717, 1.165) is 12.8 Å². The van der Waals surface area contributed by atoms with Crippen LogP contribution in [-0.4, -0.2) is 17.7 Å². The molecule has 1 aliphatic rings. The van der Waals surface area contributed by atoms with Gasteiger partial charge in [-0.15, -0.1) is 0 Å². The van der Waals surface area contributed by atoms with Crippen molar-refractivity contribution in [1.82, 2.24) is 5.32 Å². The third-order valence-electron chi connectivity index (χ3n) is 2.65. The molecule has 1 fully saturated rings. The number of hydrogen-bond donors (Lipinski definition) is 1. The Morgan fingerprint density at radius 2 is 2.00 bits per heavy atom. The quantitative estimate of drug-likeness (QED) is 0.792. The van der Waals surface area contributed by atoms with Crippen LogP contribution in [-0.2, 0) is 4.79 Å². The number of ketones is 1. The van der Waals surface area contributed by atoms with Gasteiger partial charge in [0.15, 0.2) is 5.78 Å². The first-order valence-corrected chi connectivity index (χ1v) is 5.16. The van der Waals surface area contributed by atoms with E-state index in [2.05, 4.69) is 5.32 Å². The first-order chi connectivity index (χ1) is 7.27. The lowest BCUT2D eigenvalue weighted by Gasteiger charge is -2.10. The van der Waals surface area contributed by atoms with Gasteiger partial charge in [0.25, 0.3) is 5.91 Å². The number of carbonyl (C=O) groups is 2. The molecule has 0 aromatic heterocycles. The first kappa shape index (κ1) is 9.90. The summed E-state index contributed by atoms with van der Waals surface area (Å²) in [7, 11) is 0. The highest BCUT2D eigenvalue weighted by Crippen LogP contribution is 2.14. The largest absolute Gasteiger partial charge is 0.342 e. The molecule has 1 aromatic rings. The fourth-order valence-corrected chi connectivity index (χ4v) is 1.80. The Balaban J connectivity index is 2.01. The van der Waals surface area contributed by atoms with Crippen LogP contribution in [0.4, 0.5) is 0 Å². The van der Waals surface area contributed by atoms with Crippen LogP contribution in [0, 0.1) is 0 Å². The Bertz CT molecular complexity index is 372. The molecule has 1 amide bonds. The van der Waals surface area contributed by atoms with Crippen molar-refractivity contribution in [1.29, 1.82) is 0 Å². The summed E-state index contributed by atoms with van der Waals surface area (Å²) >= 11 is 0. The number of Topliss-reactive ketones (excluding diaryl/α,β-unsaturated/α-hetero) is 1. The van der Waals surface area contributed by atoms with Gasteiger partial charge in [0.1, 0.15) is 0 Å². The van der Waals surface area contributed by atoms with E-state index < -0.39 is 0 Å². The van der Waals surface area contributed by atoms with Crippen LogP contribution in [0.1, 0.15) is 29.6 Å². The van der Waals surface area contributed by atoms with Crippen molar-refractivity contribution in [3.8, 4) is 0 Å². The van der Waals surface area contributed by atoms with E-state index in [9.17, 15) is 9.59 Å². The number of amides is 1. The second kappa shape index (κ2) is 4.26. The van der Waals surface area contributed by atoms with E-state index >= 15 is 0 Å². The van der Waals surface area contributed by atoms with Gasteiger partial charge in [-0.05, 0) is 25.0 Å². The van der Waals surface area contributed by atoms with Crippen molar-refractivity contribution in [3.63, 3.8) is 0 Å². The van der Waals surface area contributed by atoms with Gasteiger partial charge in [0.05, 0.1) is 6.04 Å². The fraction of sp³-hybridized carbons (Fsp3) is 0.333. The summed E-state index contributed by atoms with van der Waals surface area (Å²) in [5.74, 6) is -0.00451. The average Bonchev–Trinajstić information content (AvgIpc) is 2.66. The molecule has 3 nitrogen and oxygen atoms in total. The van der Waals surface area contributed by atoms with Crippen LogP contribution in [0.5, 0.6) is 0 Å². The SMILES string of the molecule is O=C(N[C@@H]1CCCC1=O)c1ccccc1. The van der Waals surface area contributed by atoms with Gasteiger partial charge in [-0.1, -0.05) is 18.2 Å². The molecule has 1 aliphatic carbocycles. The molecule has 0 bridgehead atoms. The third-order valence-corrected chi connectivity index (χ3v) is 2.65. The first-order valence-electron chi connectivity index (χ1n) is 5.16. The lowest BCUT2D eigenvalue weighted by molar-refractivity contribution is -0.118. The lowest BCUT2D eigenvalue weighted by atomic mass is 10.2. The molecule has 0 saturated heterocycles. The molecule has 2 rings (SSSR count). The highest BCUT2D eigenvalue weighted by Gasteiger charge is 2.25. The van der Waals surface area contributed by atoms with Crippen LogP contribution < -0.4 is 5.32 Å². The molecular formula is C12H13NO2. The molecule has 1 atom stereocenters. The summed E-state index contributed by atoms with van der Waals surface area (Å²) in [6.07, 6.45) is 2.26. The minimum atomic E-state index is -0.266. The van der Waals surface area contributed by atoms with E-state index in [1.807, 2.05) is 18.2 Å². The maximum Gasteiger partial charge on any atom is 0.251 e. The summed E-state index contributed by atoms with van der Waals surface area (Å²) < 4.78 is 0. The number of carbonyl (C=O) groups excluding carboxylic acids is 2. The smallest absolute Gasteiger partial charge is 0.251 e. The monoisotopic (exact) mass is 203 g/mol. The summed E-state index contributed by atoms with van der Waals surface area (Å²) in [5.41, 5.74) is 0.609. The van der Waals surface area contributed by atoms with Crippen LogP contribution in [0.15, 0.2) is 30.3 Å². The summed E-state index contributed by atoms with van der Waals surface area (Å²) in [4.78, 5) is 23.0. The Hall–Kier alpha value is -1.64. The molecule has 15 heavy (non-hydrogen) atoms. The summed E-state index contributed by atoms with van der Waals surface area (Å²) in [5, 5.41) is 2.76. The number of nitrogens with one attached hydrogen (secondary N) is 1. The Morgan fingerprint density at radius 1 is 1.27 bits per heavy atom. The predicted molar refractivity (Wildman–Crippen MR) is 56.6 cm³/mol. The Labute approximate surface area is 88.5 Å². The topological polar surface area (TPSA) is 46.2 Å². The molecule has 3 heteroatoms. The van der Waals surface area contributed by atoms with Gasteiger partial charge < -0.3 is 5.32 Å². The van der Waals surface area contributed by atoms with Gasteiger partial charge in [0.2, 0.25) is 0 Å². The molecule has 78 valence electrons. The second-order valence-corrected chi connectivity index (χ2v) is 3.75. The highest BCUT2D eigenvalue weighted by atomic mass is 16.2. The standard InChI is InChI=1S/C12H13NO2/c14-11-8-4-7-10(11)13-12(15)9-5-2-1-3-6-9/h1-3,5-6,10H,4,7-8H2,(H,13,15)/t10-/m1/s1. The molecule has 1 aromatic carbocycles. The molecule has 0 aliphatic heterocycles. The third kappa shape index (κ3) is 2.24. The van der Waals surface area contributed by atoms with Crippen molar-refractivity contribution in [2.75, 3.05) is 0 Å². The maximum atomic E-state index is 11.7. The fourth-order valence-electron chi connectivity index (χ4n) is 1.80. The predicted octanol–water partition coefficient (Wildman–Crippen LogP) is 1.54. The van der Waals surface area contributed by atoms with Crippen molar-refractivity contribution in [3.05, 3.63) is 35.9 Å². The van der Waals surface area contributed by atoms with E-state index in [-0.39, 0.29) is 17.7 Å². The molecule has 1 saturated carbocycles. The Morgan fingerprint density at radius 3 is 2.60 bits per heavy atom. The van der Waals surface area contributed by atoms with Crippen LogP contribution in [0.25, 0.3) is 0 Å². The highest BCUT2D eigenvalue weighted by molar-refractivity contribution is 5.98. The molecule has 0 unspecified atom stereocenters. The van der Waals surface area contributed by atoms with Gasteiger partial charge in [-0.2, -0.15) is 0 Å². The molecule has 1 N–H and O–H groups in total. The van der Waals surface area contributed by atoms with E-state index in [4.69, 9.17) is 0 Å². The van der Waals surface area contributed by atoms with Gasteiger partial charge in [-0.3, -0.25) is 9.59 Å². The minimum Gasteiger partial charge on any atom is -0.342 e. The molecule has 0 spiro atoms. The van der Waals surface area contributed by atoms with E-state index in [1.165, 1.54) is 0 Å². The summed E-state index contributed by atoms with van der Waals surface area (Å²) in [6, 6.07) is 8.70. The summed E-state index contributed by atoms with van der Waals surface area (Å²) in [6.45, 7) is 0. The Kier molecular flexibility index (Phi) is 2.81. The van der Waals surface area contributed by atoms with Gasteiger partial charge >= 0.3 is 0 Å². The lowest BCUT2D eigenvalue weighted by Crippen LogP contribution is -2.37. The number of benzene rings is 1. The van der Waals surface area contributed by atoms with Crippen LogP contribution in [0.3, 0.4) is 0 Å². The molecular weight excluding hydrogens is 190 g/mol. The van der Waals surface area contributed by atoms with Crippen molar-refractivity contribution in [2.45, 2.75) is 25.3 Å². The normalized spacial score (nSPS) is 20.3. The van der Waals surface area contributed by atoms with Crippen molar-refractivity contribution >= 4 is 11.7 Å². The molecule has 0 radical (unpaired) electrons. The van der Waals surface area contributed by atoms with Crippen LogP contribution >= 0.6 is 0 Å².